The van der Waals surface area contributed by atoms with E-state index in [2.05, 4.69) is 0 Å². The highest BCUT2D eigenvalue weighted by molar-refractivity contribution is 6.27. The fraction of sp³-hybridized carbons (Fsp3) is 0.231. The van der Waals surface area contributed by atoms with Gasteiger partial charge in [0.05, 0.1) is 38.2 Å². The van der Waals surface area contributed by atoms with Gasteiger partial charge in [0.1, 0.15) is 0 Å². The fourth-order valence-electron chi connectivity index (χ4n) is 4.88. The normalized spacial score (nSPS) is 21.5. The Kier molecular flexibility index (Phi) is 5.51. The monoisotopic (exact) mass is 492 g/mol. The van der Waals surface area contributed by atoms with E-state index in [-0.39, 0.29) is 58.1 Å². The third-order valence-corrected chi connectivity index (χ3v) is 6.51. The lowest BCUT2D eigenvalue weighted by Crippen LogP contribution is -2.39. The largest absolute Gasteiger partial charge is 0.504 e. The highest BCUT2D eigenvalue weighted by atomic mass is 16.6. The molecule has 2 heterocycles. The lowest BCUT2D eigenvalue weighted by atomic mass is 9.74. The van der Waals surface area contributed by atoms with E-state index in [0.29, 0.717) is 0 Å². The van der Waals surface area contributed by atoms with Gasteiger partial charge >= 0.3 is 11.9 Å². The van der Waals surface area contributed by atoms with Crippen LogP contribution in [0.5, 0.6) is 23.0 Å². The quantitative estimate of drug-likeness (QED) is 0.482. The lowest BCUT2D eigenvalue weighted by Gasteiger charge is -2.35. The van der Waals surface area contributed by atoms with Crippen molar-refractivity contribution in [2.45, 2.75) is 24.7 Å². The second-order valence-electron chi connectivity index (χ2n) is 8.40. The van der Waals surface area contributed by atoms with E-state index in [1.807, 2.05) is 0 Å². The molecule has 2 unspecified atom stereocenters. The number of benzene rings is 2. The Balaban J connectivity index is 1.67. The molecule has 2 N–H and O–H groups in total. The van der Waals surface area contributed by atoms with E-state index in [1.165, 1.54) is 38.5 Å². The Bertz CT molecular complexity index is 1310. The van der Waals surface area contributed by atoms with E-state index in [9.17, 15) is 29.4 Å². The third kappa shape index (κ3) is 3.41. The van der Waals surface area contributed by atoms with Gasteiger partial charge in [0.2, 0.25) is 11.6 Å². The number of phenols is 2. The van der Waals surface area contributed by atoms with Gasteiger partial charge in [-0.25, -0.2) is 0 Å². The number of carbonyl (C=O) groups excluding carboxylic acids is 4. The predicted molar refractivity (Wildman–Crippen MR) is 120 cm³/mol. The summed E-state index contributed by atoms with van der Waals surface area (Å²) in [6.07, 6.45) is -0.676. The summed E-state index contributed by atoms with van der Waals surface area (Å²) in [5.74, 6) is -6.66. The molecule has 0 fully saturated rings. The molecule has 2 aromatic rings. The number of ketones is 2. The van der Waals surface area contributed by atoms with Crippen LogP contribution in [0.25, 0.3) is 0 Å². The number of hydrogen-bond donors (Lipinski definition) is 2. The summed E-state index contributed by atoms with van der Waals surface area (Å²) < 4.78 is 20.8. The summed E-state index contributed by atoms with van der Waals surface area (Å²) in [5.41, 5.74) is -0.0592. The van der Waals surface area contributed by atoms with Crippen molar-refractivity contribution in [2.75, 3.05) is 14.2 Å². The van der Waals surface area contributed by atoms with Gasteiger partial charge in [-0.05, 0) is 12.1 Å². The Morgan fingerprint density at radius 1 is 0.694 bits per heavy atom. The minimum Gasteiger partial charge on any atom is -0.504 e. The molecule has 2 aliphatic heterocycles. The van der Waals surface area contributed by atoms with Crippen molar-refractivity contribution in [3.05, 3.63) is 70.2 Å². The zero-order valence-electron chi connectivity index (χ0n) is 19.2. The van der Waals surface area contributed by atoms with Gasteiger partial charge in [-0.2, -0.15) is 0 Å². The average molecular weight is 492 g/mol. The number of esters is 2. The molecule has 10 nitrogen and oxygen atoms in total. The molecular weight excluding hydrogens is 472 g/mol. The van der Waals surface area contributed by atoms with Crippen molar-refractivity contribution in [3.8, 4) is 23.0 Å². The molecule has 0 saturated carbocycles. The van der Waals surface area contributed by atoms with E-state index in [4.69, 9.17) is 18.9 Å². The zero-order valence-corrected chi connectivity index (χ0v) is 19.2. The van der Waals surface area contributed by atoms with Gasteiger partial charge in [-0.1, -0.05) is 24.3 Å². The standard InChI is InChI=1S/C26H20O10/c1-33-15-7-3-5-11(21(15)29)13-9-17(27)35-25-19(13)23(31)26-20(24(25)32)14(10-18(28)36-26)12-6-4-8-16(34-2)22(12)30/h3-8,13-14,29-30H,9-10H2,1-2H3. The van der Waals surface area contributed by atoms with Crippen LogP contribution in [0.15, 0.2) is 59.1 Å². The second-order valence-corrected chi connectivity index (χ2v) is 8.40. The van der Waals surface area contributed by atoms with E-state index in [1.54, 1.807) is 12.1 Å². The molecule has 36 heavy (non-hydrogen) atoms. The topological polar surface area (TPSA) is 146 Å². The Morgan fingerprint density at radius 3 is 1.44 bits per heavy atom. The van der Waals surface area contributed by atoms with Crippen LogP contribution in [0.2, 0.25) is 0 Å². The van der Waals surface area contributed by atoms with Crippen LogP contribution in [0.3, 0.4) is 0 Å². The van der Waals surface area contributed by atoms with Gasteiger partial charge < -0.3 is 29.2 Å². The molecule has 2 atom stereocenters. The van der Waals surface area contributed by atoms with Crippen molar-refractivity contribution >= 4 is 23.5 Å². The average Bonchev–Trinajstić information content (AvgIpc) is 2.86. The summed E-state index contributed by atoms with van der Waals surface area (Å²) in [4.78, 5) is 52.4. The molecule has 5 rings (SSSR count). The van der Waals surface area contributed by atoms with E-state index < -0.39 is 46.9 Å². The number of Topliss-reactive ketones (excluding diaryl/α,β-unsaturated/α-hetero) is 2. The second kappa shape index (κ2) is 8.56. The van der Waals surface area contributed by atoms with Crippen molar-refractivity contribution in [1.82, 2.24) is 0 Å². The van der Waals surface area contributed by atoms with Crippen LogP contribution in [-0.2, 0) is 28.7 Å². The first-order valence-electron chi connectivity index (χ1n) is 11.0. The molecule has 0 spiro atoms. The first kappa shape index (κ1) is 23.2. The summed E-state index contributed by atoms with van der Waals surface area (Å²) >= 11 is 0. The van der Waals surface area contributed by atoms with E-state index >= 15 is 0 Å². The van der Waals surface area contributed by atoms with Crippen LogP contribution in [0.1, 0.15) is 35.8 Å². The first-order valence-corrected chi connectivity index (χ1v) is 11.0. The maximum absolute atomic E-state index is 13.7. The number of allylic oxidation sites excluding steroid dienone is 2. The molecule has 3 aliphatic rings. The Morgan fingerprint density at radius 2 is 1.08 bits per heavy atom. The third-order valence-electron chi connectivity index (χ3n) is 6.51. The lowest BCUT2D eigenvalue weighted by molar-refractivity contribution is -0.148. The molecule has 0 bridgehead atoms. The number of carbonyl (C=O) groups is 4. The molecule has 0 radical (unpaired) electrons. The summed E-state index contributed by atoms with van der Waals surface area (Å²) in [6, 6.07) is 9.12. The number of phenolic OH excluding ortho intramolecular Hbond substituents is 2. The SMILES string of the molecule is COc1cccc(C2CC(=O)OC3=C2C(=O)C2=C(C3=O)C(c3cccc(OC)c3O)CC(=O)O2)c1O. The Hall–Kier alpha value is -4.60. The summed E-state index contributed by atoms with van der Waals surface area (Å²) in [6.45, 7) is 0. The summed E-state index contributed by atoms with van der Waals surface area (Å²) in [5, 5.41) is 21.4. The minimum absolute atomic E-state index is 0.112. The van der Waals surface area contributed by atoms with Crippen molar-refractivity contribution in [1.29, 1.82) is 0 Å². The number of ether oxygens (including phenoxy) is 4. The zero-order chi connectivity index (χ0) is 25.7. The highest BCUT2D eigenvalue weighted by Crippen LogP contribution is 2.50. The molecule has 2 aromatic carbocycles. The molecule has 1 aliphatic carbocycles. The van der Waals surface area contributed by atoms with Crippen LogP contribution in [-0.4, -0.2) is 47.9 Å². The van der Waals surface area contributed by atoms with Gasteiger partial charge in [0.15, 0.2) is 34.5 Å². The number of aromatic hydroxyl groups is 2. The van der Waals surface area contributed by atoms with Gasteiger partial charge in [0.25, 0.3) is 0 Å². The van der Waals surface area contributed by atoms with E-state index in [0.717, 1.165) is 0 Å². The van der Waals surface area contributed by atoms with Gasteiger partial charge in [-0.3, -0.25) is 19.2 Å². The minimum atomic E-state index is -1.05. The number of hydrogen-bond acceptors (Lipinski definition) is 10. The number of methoxy groups -OCH3 is 2. The van der Waals surface area contributed by atoms with Gasteiger partial charge in [0, 0.05) is 23.0 Å². The predicted octanol–water partition coefficient (Wildman–Crippen LogP) is 2.54. The fourth-order valence-corrected chi connectivity index (χ4v) is 4.88. The van der Waals surface area contributed by atoms with Gasteiger partial charge in [-0.15, -0.1) is 0 Å². The molecule has 0 aromatic heterocycles. The van der Waals surface area contributed by atoms with Crippen LogP contribution < -0.4 is 9.47 Å². The smallest absolute Gasteiger partial charge is 0.312 e. The van der Waals surface area contributed by atoms with Crippen LogP contribution in [0, 0.1) is 0 Å². The molecule has 0 amide bonds. The van der Waals surface area contributed by atoms with Crippen LogP contribution >= 0.6 is 0 Å². The summed E-state index contributed by atoms with van der Waals surface area (Å²) in [7, 11) is 2.70. The Labute approximate surface area is 204 Å². The van der Waals surface area contributed by atoms with Crippen molar-refractivity contribution in [2.24, 2.45) is 0 Å². The highest BCUT2D eigenvalue weighted by Gasteiger charge is 2.50. The first-order chi connectivity index (χ1) is 17.3. The molecular formula is C26H20O10. The number of para-hydroxylation sites is 2. The molecule has 184 valence electrons. The molecule has 0 saturated heterocycles. The van der Waals surface area contributed by atoms with Crippen molar-refractivity contribution in [3.63, 3.8) is 0 Å². The maximum Gasteiger partial charge on any atom is 0.312 e. The molecule has 10 heteroatoms. The number of rotatable bonds is 4. The van der Waals surface area contributed by atoms with Crippen LogP contribution in [0.4, 0.5) is 0 Å². The maximum atomic E-state index is 13.7. The van der Waals surface area contributed by atoms with Crippen molar-refractivity contribution < 1.29 is 48.3 Å².